The number of benzene rings is 2. The minimum absolute atomic E-state index is 0. The normalized spacial score (nSPS) is 10.6. The third kappa shape index (κ3) is 3.95. The van der Waals surface area contributed by atoms with E-state index >= 15 is 0 Å². The summed E-state index contributed by atoms with van der Waals surface area (Å²) in [7, 11) is 0. The molecule has 0 fully saturated rings. The fraction of sp³-hybridized carbons (Fsp3) is 0.188. The van der Waals surface area contributed by atoms with E-state index in [0.717, 1.165) is 5.69 Å². The Morgan fingerprint density at radius 3 is 2.17 bits per heavy atom. The van der Waals surface area contributed by atoms with Gasteiger partial charge in [0, 0.05) is 17.7 Å². The van der Waals surface area contributed by atoms with E-state index in [2.05, 4.69) is 61.5 Å². The third-order valence-electron chi connectivity index (χ3n) is 2.79. The molecule has 0 spiro atoms. The van der Waals surface area contributed by atoms with Gasteiger partial charge in [-0.25, -0.2) is 4.99 Å². The quantitative estimate of drug-likeness (QED) is 0.574. The second-order valence-corrected chi connectivity index (χ2v) is 4.44. The summed E-state index contributed by atoms with van der Waals surface area (Å²) in [5, 5.41) is 0. The van der Waals surface area contributed by atoms with E-state index in [1.807, 2.05) is 18.2 Å². The van der Waals surface area contributed by atoms with E-state index in [4.69, 9.17) is 0 Å². The Balaban J connectivity index is 0.00000162. The minimum Gasteiger partial charge on any atom is -1.00 e. The molecule has 0 radical (unpaired) electrons. The molecule has 18 heavy (non-hydrogen) atoms. The van der Waals surface area contributed by atoms with Crippen LogP contribution in [0.4, 0.5) is 5.69 Å². The highest BCUT2D eigenvalue weighted by atomic mass is 127. The number of para-hydroxylation sites is 1. The molecule has 1 nitrogen and oxygen atoms in total. The molecule has 2 heteroatoms. The summed E-state index contributed by atoms with van der Waals surface area (Å²) >= 11 is 0. The van der Waals surface area contributed by atoms with Gasteiger partial charge in [-0.05, 0) is 17.5 Å². The summed E-state index contributed by atoms with van der Waals surface area (Å²) in [6.45, 7) is 4.43. The molecule has 94 valence electrons. The lowest BCUT2D eigenvalue weighted by Gasteiger charge is -2.06. The van der Waals surface area contributed by atoms with Crippen molar-refractivity contribution in [3.05, 3.63) is 65.7 Å². The zero-order valence-electron chi connectivity index (χ0n) is 10.7. The summed E-state index contributed by atoms with van der Waals surface area (Å²) in [4.78, 5) is 3.33. The average Bonchev–Trinajstić information content (AvgIpc) is 2.38. The molecule has 0 unspecified atom stereocenters. The van der Waals surface area contributed by atoms with Crippen LogP contribution in [0.2, 0.25) is 0 Å². The Bertz CT molecular complexity index is 504. The van der Waals surface area contributed by atoms with Crippen LogP contribution in [0.1, 0.15) is 30.9 Å². The Kier molecular flexibility index (Phi) is 6.05. The van der Waals surface area contributed by atoms with Gasteiger partial charge in [0.05, 0.1) is 0 Å². The number of hydrogen-bond donors (Lipinski definition) is 1. The third-order valence-corrected chi connectivity index (χ3v) is 2.79. The zero-order valence-corrected chi connectivity index (χ0v) is 12.9. The van der Waals surface area contributed by atoms with Crippen molar-refractivity contribution >= 4 is 11.9 Å². The van der Waals surface area contributed by atoms with Gasteiger partial charge in [0.1, 0.15) is 0 Å². The van der Waals surface area contributed by atoms with Crippen molar-refractivity contribution in [2.75, 3.05) is 0 Å². The summed E-state index contributed by atoms with van der Waals surface area (Å²) in [6, 6.07) is 18.7. The largest absolute Gasteiger partial charge is 1.00 e. The van der Waals surface area contributed by atoms with Crippen molar-refractivity contribution in [3.8, 4) is 0 Å². The standard InChI is InChI=1S/C16H17N.HI/c1-13(2)16-11-7-6-8-14(16)12-17-15-9-4-3-5-10-15;/h3-13H,1-2H3;1H. The van der Waals surface area contributed by atoms with Gasteiger partial charge in [-0.2, -0.15) is 0 Å². The topological polar surface area (TPSA) is 14.0 Å². The second-order valence-electron chi connectivity index (χ2n) is 4.44. The summed E-state index contributed by atoms with van der Waals surface area (Å²) in [6.07, 6.45) is 2.07. The maximum absolute atomic E-state index is 3.33. The Morgan fingerprint density at radius 2 is 1.50 bits per heavy atom. The molecule has 0 aliphatic rings. The molecule has 2 aromatic carbocycles. The van der Waals surface area contributed by atoms with Crippen molar-refractivity contribution in [3.63, 3.8) is 0 Å². The number of rotatable bonds is 3. The predicted molar refractivity (Wildman–Crippen MR) is 72.8 cm³/mol. The molecule has 2 aromatic rings. The van der Waals surface area contributed by atoms with Gasteiger partial charge in [-0.1, -0.05) is 50.2 Å². The Hall–Kier alpha value is -1.16. The van der Waals surface area contributed by atoms with Crippen molar-refractivity contribution in [2.24, 2.45) is 0 Å². The van der Waals surface area contributed by atoms with E-state index in [9.17, 15) is 0 Å². The molecule has 0 atom stereocenters. The van der Waals surface area contributed by atoms with Crippen LogP contribution in [0.25, 0.3) is 0 Å². The van der Waals surface area contributed by atoms with Crippen LogP contribution in [0.5, 0.6) is 0 Å². The average molecular weight is 351 g/mol. The first-order chi connectivity index (χ1) is 8.27. The maximum Gasteiger partial charge on any atom is 0.203 e. The lowest BCUT2D eigenvalue weighted by atomic mass is 9.98. The van der Waals surface area contributed by atoms with Gasteiger partial charge in [0.15, 0.2) is 6.21 Å². The number of hydrogen-bond acceptors (Lipinski definition) is 0. The second kappa shape index (κ2) is 7.31. The maximum atomic E-state index is 3.33. The lowest BCUT2D eigenvalue weighted by molar-refractivity contribution is -0.346. The van der Waals surface area contributed by atoms with Crippen LogP contribution in [0, 0.1) is 0 Å². The molecule has 0 heterocycles. The molecule has 0 aromatic heterocycles. The monoisotopic (exact) mass is 351 g/mol. The van der Waals surface area contributed by atoms with Crippen LogP contribution in [-0.4, -0.2) is 6.21 Å². The van der Waals surface area contributed by atoms with E-state index in [1.165, 1.54) is 11.1 Å². The molecular weight excluding hydrogens is 333 g/mol. The van der Waals surface area contributed by atoms with Gasteiger partial charge < -0.3 is 24.0 Å². The van der Waals surface area contributed by atoms with E-state index in [1.54, 1.807) is 0 Å². The molecule has 0 aliphatic carbocycles. The van der Waals surface area contributed by atoms with Crippen molar-refractivity contribution in [2.45, 2.75) is 19.8 Å². The van der Waals surface area contributed by atoms with Crippen LogP contribution >= 0.6 is 0 Å². The zero-order chi connectivity index (χ0) is 12.1. The number of nitrogens with one attached hydrogen (secondary N) is 1. The highest BCUT2D eigenvalue weighted by molar-refractivity contribution is 5.78. The predicted octanol–water partition coefficient (Wildman–Crippen LogP) is -0.355. The molecule has 0 amide bonds. The number of halogens is 1. The van der Waals surface area contributed by atoms with Gasteiger partial charge in [0.2, 0.25) is 5.69 Å². The van der Waals surface area contributed by atoms with Crippen LogP contribution < -0.4 is 29.0 Å². The fourth-order valence-electron chi connectivity index (χ4n) is 1.86. The summed E-state index contributed by atoms with van der Waals surface area (Å²) in [5.41, 5.74) is 3.74. The highest BCUT2D eigenvalue weighted by Crippen LogP contribution is 2.16. The van der Waals surface area contributed by atoms with Gasteiger partial charge in [0.25, 0.3) is 0 Å². The lowest BCUT2D eigenvalue weighted by Crippen LogP contribution is -3.00. The molecule has 0 bridgehead atoms. The van der Waals surface area contributed by atoms with Crippen molar-refractivity contribution in [1.82, 2.24) is 0 Å². The first-order valence-electron chi connectivity index (χ1n) is 6.01. The van der Waals surface area contributed by atoms with Gasteiger partial charge in [-0.3, -0.25) is 0 Å². The molecule has 0 aliphatic heterocycles. The SMILES string of the molecule is CC(C)c1ccccc1C=[NH+]c1ccccc1.[I-]. The van der Waals surface area contributed by atoms with Crippen molar-refractivity contribution < 1.29 is 29.0 Å². The fourth-order valence-corrected chi connectivity index (χ4v) is 1.86. The van der Waals surface area contributed by atoms with Crippen molar-refractivity contribution in [1.29, 1.82) is 0 Å². The van der Waals surface area contributed by atoms with Gasteiger partial charge in [-0.15, -0.1) is 0 Å². The van der Waals surface area contributed by atoms with Crippen LogP contribution in [0.3, 0.4) is 0 Å². The Morgan fingerprint density at radius 1 is 0.889 bits per heavy atom. The molecule has 2 rings (SSSR count). The molecular formula is C16H18IN. The molecule has 0 saturated carbocycles. The summed E-state index contributed by atoms with van der Waals surface area (Å²) in [5.74, 6) is 0.542. The Labute approximate surface area is 126 Å². The smallest absolute Gasteiger partial charge is 0.203 e. The first kappa shape index (κ1) is 14.9. The first-order valence-corrected chi connectivity index (χ1v) is 6.01. The molecule has 0 saturated heterocycles. The van der Waals surface area contributed by atoms with E-state index in [-0.39, 0.29) is 24.0 Å². The van der Waals surface area contributed by atoms with E-state index in [0.29, 0.717) is 5.92 Å². The van der Waals surface area contributed by atoms with E-state index < -0.39 is 0 Å². The van der Waals surface area contributed by atoms with Crippen LogP contribution in [0.15, 0.2) is 54.6 Å². The van der Waals surface area contributed by atoms with Gasteiger partial charge >= 0.3 is 0 Å². The molecule has 1 N–H and O–H groups in total. The minimum atomic E-state index is 0. The summed E-state index contributed by atoms with van der Waals surface area (Å²) < 4.78 is 0. The highest BCUT2D eigenvalue weighted by Gasteiger charge is 2.05. The van der Waals surface area contributed by atoms with Crippen LogP contribution in [-0.2, 0) is 0 Å².